The third-order valence-corrected chi connectivity index (χ3v) is 2.56. The number of rotatable bonds is 6. The number of esters is 1. The summed E-state index contributed by atoms with van der Waals surface area (Å²) in [5.41, 5.74) is -0.213. The van der Waals surface area contributed by atoms with Gasteiger partial charge in [-0.25, -0.2) is 0 Å². The number of halogens is 1. The maximum atomic E-state index is 13.6. The van der Waals surface area contributed by atoms with Gasteiger partial charge in [-0.15, -0.1) is 0 Å². The van der Waals surface area contributed by atoms with Crippen LogP contribution in [0.1, 0.15) is 24.8 Å². The Morgan fingerprint density at radius 1 is 1.44 bits per heavy atom. The molecule has 0 unspecified atom stereocenters. The number of methoxy groups -OCH3 is 1. The summed E-state index contributed by atoms with van der Waals surface area (Å²) < 4.78 is 18.1. The van der Waals surface area contributed by atoms with Crippen molar-refractivity contribution in [1.82, 2.24) is 0 Å². The van der Waals surface area contributed by atoms with Crippen LogP contribution in [0.15, 0.2) is 18.2 Å². The van der Waals surface area contributed by atoms with Gasteiger partial charge >= 0.3 is 11.7 Å². The Morgan fingerprint density at radius 2 is 2.17 bits per heavy atom. The Kier molecular flexibility index (Phi) is 5.23. The van der Waals surface area contributed by atoms with Crippen molar-refractivity contribution in [2.75, 3.05) is 7.11 Å². The summed E-state index contributed by atoms with van der Waals surface area (Å²) in [6, 6.07) is 4.10. The summed E-state index contributed by atoms with van der Waals surface area (Å²) in [7, 11) is 1.31. The van der Waals surface area contributed by atoms with Crippen LogP contribution in [0.5, 0.6) is 0 Å². The molecule has 0 bridgehead atoms. The Morgan fingerprint density at radius 3 is 2.78 bits per heavy atom. The van der Waals surface area contributed by atoms with Gasteiger partial charge in [-0.1, -0.05) is 12.1 Å². The largest absolute Gasteiger partial charge is 0.469 e. The van der Waals surface area contributed by atoms with Gasteiger partial charge in [0.1, 0.15) is 0 Å². The highest BCUT2D eigenvalue weighted by Gasteiger charge is 2.16. The molecule has 0 aliphatic heterocycles. The molecule has 0 N–H and O–H groups in total. The van der Waals surface area contributed by atoms with Gasteiger partial charge in [0.15, 0.2) is 0 Å². The molecule has 0 aliphatic rings. The molecule has 1 aromatic carbocycles. The summed E-state index contributed by atoms with van der Waals surface area (Å²) in [5, 5.41) is 10.5. The molecular formula is C12H14FNO4. The van der Waals surface area contributed by atoms with E-state index >= 15 is 0 Å². The molecule has 0 atom stereocenters. The van der Waals surface area contributed by atoms with Crippen molar-refractivity contribution in [2.45, 2.75) is 25.7 Å². The number of benzene rings is 1. The van der Waals surface area contributed by atoms with E-state index in [0.29, 0.717) is 24.8 Å². The van der Waals surface area contributed by atoms with E-state index in [1.165, 1.54) is 19.2 Å². The molecule has 1 aromatic rings. The summed E-state index contributed by atoms with van der Waals surface area (Å²) in [4.78, 5) is 20.6. The van der Waals surface area contributed by atoms with Crippen molar-refractivity contribution >= 4 is 11.7 Å². The Balaban J connectivity index is 2.55. The summed E-state index contributed by atoms with van der Waals surface area (Å²) >= 11 is 0. The zero-order valence-electron chi connectivity index (χ0n) is 10.0. The fraction of sp³-hybridized carbons (Fsp3) is 0.417. The average Bonchev–Trinajstić information content (AvgIpc) is 2.35. The smallest absolute Gasteiger partial charge is 0.305 e. The van der Waals surface area contributed by atoms with E-state index < -0.39 is 16.4 Å². The number of aryl methyl sites for hydroxylation is 1. The first kappa shape index (κ1) is 14.1. The fourth-order valence-electron chi connectivity index (χ4n) is 1.59. The van der Waals surface area contributed by atoms with E-state index in [9.17, 15) is 19.3 Å². The molecule has 0 saturated heterocycles. The predicted octanol–water partition coefficient (Wildman–Crippen LogP) is 2.62. The second kappa shape index (κ2) is 6.68. The van der Waals surface area contributed by atoms with Crippen LogP contribution in [0.25, 0.3) is 0 Å². The second-order valence-corrected chi connectivity index (χ2v) is 3.79. The standard InChI is InChI=1S/C12H14FNO4/c1-18-11(15)8-3-2-5-9-6-4-7-10(12(9)13)14(16)17/h4,6-7H,2-3,5,8H2,1H3. The number of ether oxygens (including phenoxy) is 1. The summed E-state index contributed by atoms with van der Waals surface area (Å²) in [6.45, 7) is 0. The van der Waals surface area contributed by atoms with E-state index in [1.807, 2.05) is 0 Å². The van der Waals surface area contributed by atoms with Gasteiger partial charge in [-0.2, -0.15) is 4.39 Å². The summed E-state index contributed by atoms with van der Waals surface area (Å²) in [6.07, 6.45) is 1.78. The monoisotopic (exact) mass is 255 g/mol. The fourth-order valence-corrected chi connectivity index (χ4v) is 1.59. The number of carbonyl (C=O) groups excluding carboxylic acids is 1. The van der Waals surface area contributed by atoms with Crippen molar-refractivity contribution < 1.29 is 18.8 Å². The molecule has 0 spiro atoms. The molecule has 0 radical (unpaired) electrons. The molecule has 5 nitrogen and oxygen atoms in total. The van der Waals surface area contributed by atoms with Gasteiger partial charge in [-0.05, 0) is 24.8 Å². The van der Waals surface area contributed by atoms with Crippen LogP contribution >= 0.6 is 0 Å². The quantitative estimate of drug-likeness (QED) is 0.339. The molecule has 0 heterocycles. The van der Waals surface area contributed by atoms with Crippen molar-refractivity contribution in [2.24, 2.45) is 0 Å². The molecule has 0 fully saturated rings. The van der Waals surface area contributed by atoms with E-state index in [4.69, 9.17) is 0 Å². The molecule has 0 aliphatic carbocycles. The van der Waals surface area contributed by atoms with E-state index in [-0.39, 0.29) is 12.4 Å². The zero-order chi connectivity index (χ0) is 13.5. The average molecular weight is 255 g/mol. The Labute approximate surface area is 104 Å². The molecule has 0 aromatic heterocycles. The first-order valence-electron chi connectivity index (χ1n) is 5.55. The van der Waals surface area contributed by atoms with Crippen molar-refractivity contribution in [1.29, 1.82) is 0 Å². The van der Waals surface area contributed by atoms with Crippen LogP contribution in [0, 0.1) is 15.9 Å². The van der Waals surface area contributed by atoms with Gasteiger partial charge < -0.3 is 4.74 Å². The van der Waals surface area contributed by atoms with E-state index in [0.717, 1.165) is 6.07 Å². The van der Waals surface area contributed by atoms with Crippen molar-refractivity contribution in [3.8, 4) is 0 Å². The SMILES string of the molecule is COC(=O)CCCCc1cccc([N+](=O)[O-])c1F. The highest BCUT2D eigenvalue weighted by molar-refractivity contribution is 5.68. The van der Waals surface area contributed by atoms with Crippen LogP contribution in [0.3, 0.4) is 0 Å². The maximum Gasteiger partial charge on any atom is 0.305 e. The molecule has 18 heavy (non-hydrogen) atoms. The van der Waals surface area contributed by atoms with Crippen LogP contribution in [0.4, 0.5) is 10.1 Å². The minimum absolute atomic E-state index is 0.271. The lowest BCUT2D eigenvalue weighted by molar-refractivity contribution is -0.387. The van der Waals surface area contributed by atoms with E-state index in [2.05, 4.69) is 4.74 Å². The van der Waals surface area contributed by atoms with Gasteiger partial charge in [-0.3, -0.25) is 14.9 Å². The third kappa shape index (κ3) is 3.80. The summed E-state index contributed by atoms with van der Waals surface area (Å²) in [5.74, 6) is -1.10. The van der Waals surface area contributed by atoms with Crippen LogP contribution < -0.4 is 0 Å². The first-order valence-corrected chi connectivity index (χ1v) is 5.55. The second-order valence-electron chi connectivity index (χ2n) is 3.79. The molecule has 0 saturated carbocycles. The van der Waals surface area contributed by atoms with Crippen LogP contribution in [-0.2, 0) is 16.0 Å². The number of nitrogens with zero attached hydrogens (tertiary/aromatic N) is 1. The predicted molar refractivity (Wildman–Crippen MR) is 62.6 cm³/mol. The Bertz CT molecular complexity index is 448. The van der Waals surface area contributed by atoms with E-state index in [1.54, 1.807) is 0 Å². The molecular weight excluding hydrogens is 241 g/mol. The topological polar surface area (TPSA) is 69.4 Å². The minimum Gasteiger partial charge on any atom is -0.469 e. The normalized spacial score (nSPS) is 10.1. The highest BCUT2D eigenvalue weighted by Crippen LogP contribution is 2.21. The van der Waals surface area contributed by atoms with Gasteiger partial charge in [0.2, 0.25) is 5.82 Å². The lowest BCUT2D eigenvalue weighted by Gasteiger charge is -2.03. The minimum atomic E-state index is -0.791. The van der Waals surface area contributed by atoms with Crippen LogP contribution in [-0.4, -0.2) is 18.0 Å². The van der Waals surface area contributed by atoms with Gasteiger partial charge in [0, 0.05) is 12.5 Å². The molecule has 1 rings (SSSR count). The highest BCUT2D eigenvalue weighted by atomic mass is 19.1. The number of nitro groups is 1. The van der Waals surface area contributed by atoms with Crippen molar-refractivity contribution in [3.63, 3.8) is 0 Å². The van der Waals surface area contributed by atoms with Crippen molar-refractivity contribution in [3.05, 3.63) is 39.7 Å². The maximum absolute atomic E-state index is 13.6. The number of unbranched alkanes of at least 4 members (excludes halogenated alkanes) is 1. The molecule has 0 amide bonds. The number of carbonyl (C=O) groups is 1. The van der Waals surface area contributed by atoms with Crippen LogP contribution in [0.2, 0.25) is 0 Å². The zero-order valence-corrected chi connectivity index (χ0v) is 10.0. The Hall–Kier alpha value is -1.98. The molecule has 6 heteroatoms. The first-order chi connectivity index (χ1) is 8.56. The number of hydrogen-bond acceptors (Lipinski definition) is 4. The lowest BCUT2D eigenvalue weighted by Crippen LogP contribution is -2.01. The van der Waals surface area contributed by atoms with Gasteiger partial charge in [0.05, 0.1) is 12.0 Å². The number of hydrogen-bond donors (Lipinski definition) is 0. The lowest BCUT2D eigenvalue weighted by atomic mass is 10.1. The van der Waals surface area contributed by atoms with Gasteiger partial charge in [0.25, 0.3) is 0 Å². The third-order valence-electron chi connectivity index (χ3n) is 2.56. The molecule has 98 valence electrons. The number of nitro benzene ring substituents is 1.